The summed E-state index contributed by atoms with van der Waals surface area (Å²) in [6.45, 7) is 16.7. The van der Waals surface area contributed by atoms with Crippen molar-refractivity contribution >= 4 is 63.6 Å². The molecule has 15 heteroatoms. The fourth-order valence-electron chi connectivity index (χ4n) is 7.69. The number of thiazole rings is 1. The van der Waals surface area contributed by atoms with Crippen molar-refractivity contribution in [1.29, 1.82) is 0 Å². The van der Waals surface area contributed by atoms with Crippen molar-refractivity contribution in [3.8, 4) is 0 Å². The molecular weight excluding hydrogens is 861 g/mol. The number of halogens is 1. The van der Waals surface area contributed by atoms with Crippen molar-refractivity contribution in [2.75, 3.05) is 24.6 Å². The van der Waals surface area contributed by atoms with E-state index >= 15 is 0 Å². The number of benzene rings is 1. The predicted molar refractivity (Wildman–Crippen MR) is 228 cm³/mol. The van der Waals surface area contributed by atoms with Crippen LogP contribution < -0.4 is 10.6 Å². The number of aliphatic carboxylic acids is 1. The Morgan fingerprint density at radius 1 is 1.14 bits per heavy atom. The normalized spacial score (nSPS) is 23.6. The maximum Gasteiger partial charge on any atom is 0.338 e. The summed E-state index contributed by atoms with van der Waals surface area (Å²) >= 11 is 3.63. The molecule has 0 spiro atoms. The van der Waals surface area contributed by atoms with Gasteiger partial charge >= 0.3 is 11.9 Å². The Morgan fingerprint density at radius 2 is 1.82 bits per heavy atom. The molecule has 0 bridgehead atoms. The topological polar surface area (TPSA) is 171 Å². The number of esters is 1. The number of rotatable bonds is 23. The number of carboxylic acid groups (broad SMARTS) is 1. The van der Waals surface area contributed by atoms with E-state index in [-0.39, 0.29) is 47.2 Å². The van der Waals surface area contributed by atoms with Crippen LogP contribution in [-0.2, 0) is 35.1 Å². The molecule has 10 atom stereocenters. The highest BCUT2D eigenvalue weighted by Gasteiger charge is 2.62. The first-order valence-corrected chi connectivity index (χ1v) is 22.6. The first-order chi connectivity index (χ1) is 26.9. The van der Waals surface area contributed by atoms with E-state index < -0.39 is 53.8 Å². The van der Waals surface area contributed by atoms with Gasteiger partial charge in [0.15, 0.2) is 11.7 Å². The van der Waals surface area contributed by atoms with Crippen LogP contribution in [0.15, 0.2) is 35.7 Å². The van der Waals surface area contributed by atoms with Crippen molar-refractivity contribution in [1.82, 2.24) is 25.4 Å². The van der Waals surface area contributed by atoms with Crippen molar-refractivity contribution < 1.29 is 38.6 Å². The molecule has 2 saturated heterocycles. The van der Waals surface area contributed by atoms with Gasteiger partial charge in [-0.05, 0) is 49.0 Å². The van der Waals surface area contributed by atoms with Crippen LogP contribution in [0.4, 0.5) is 0 Å². The summed E-state index contributed by atoms with van der Waals surface area (Å²) in [5, 5.41) is 17.8. The summed E-state index contributed by atoms with van der Waals surface area (Å²) in [5.41, 5.74) is -0.261. The summed E-state index contributed by atoms with van der Waals surface area (Å²) in [5.74, 6) is -2.70. The first-order valence-electron chi connectivity index (χ1n) is 20.2. The van der Waals surface area contributed by atoms with E-state index in [4.69, 9.17) is 9.47 Å². The fourth-order valence-corrected chi connectivity index (χ4v) is 9.70. The van der Waals surface area contributed by atoms with Crippen LogP contribution in [0.2, 0.25) is 0 Å². The van der Waals surface area contributed by atoms with Gasteiger partial charge in [-0.2, -0.15) is 0 Å². The molecule has 2 aliphatic heterocycles. The molecule has 0 radical (unpaired) electrons. The standard InChI is InChI=1S/C42H62IN5O8S/c1-10-18-42(12-3,23-43)24-48-21-32(48)37(51)46-34(26(6)11-2)39(52)47(9)31(25(4)5)20-33(55-27(7)49)38-45-30(22-57-38)36(50)44-29(19-28-16-14-13-15-17-28)35-41(8,56-35)40(53)54/h13-17,22,25-26,29,31-35H,10-12,18-21,23-24H2,1-9H3,(H,44,50)(H,46,51)(H,53,54)/t26?,29-,31+,32+,33+,34?,35?,41?,42?,48?/m0/s1. The van der Waals surface area contributed by atoms with Gasteiger partial charge in [-0.15, -0.1) is 11.3 Å². The number of alkyl halides is 1. The molecule has 2 aromatic rings. The van der Waals surface area contributed by atoms with E-state index in [2.05, 4.69) is 57.0 Å². The summed E-state index contributed by atoms with van der Waals surface area (Å²) < 4.78 is 12.4. The zero-order chi connectivity index (χ0) is 42.2. The molecule has 0 aliphatic carbocycles. The largest absolute Gasteiger partial charge is 0.479 e. The highest BCUT2D eigenvalue weighted by atomic mass is 127. The Balaban J connectivity index is 1.49. The smallest absolute Gasteiger partial charge is 0.338 e. The average molecular weight is 924 g/mol. The van der Waals surface area contributed by atoms with E-state index in [1.807, 2.05) is 58.0 Å². The maximum atomic E-state index is 14.3. The second-order valence-electron chi connectivity index (χ2n) is 16.4. The number of hydrogen-bond acceptors (Lipinski definition) is 10. The minimum Gasteiger partial charge on any atom is -0.479 e. The Labute approximate surface area is 355 Å². The molecule has 3 heterocycles. The third-order valence-electron chi connectivity index (χ3n) is 11.8. The molecule has 3 amide bonds. The van der Waals surface area contributed by atoms with E-state index in [0.29, 0.717) is 24.4 Å². The van der Waals surface area contributed by atoms with Crippen LogP contribution >= 0.6 is 33.9 Å². The zero-order valence-electron chi connectivity index (χ0n) is 34.9. The lowest BCUT2D eigenvalue weighted by Gasteiger charge is -2.37. The van der Waals surface area contributed by atoms with Gasteiger partial charge in [0.2, 0.25) is 11.8 Å². The fraction of sp³-hybridized carbons (Fsp3) is 0.667. The highest BCUT2D eigenvalue weighted by Crippen LogP contribution is 2.40. The van der Waals surface area contributed by atoms with Crippen LogP contribution in [0.25, 0.3) is 0 Å². The zero-order valence-corrected chi connectivity index (χ0v) is 37.9. The van der Waals surface area contributed by atoms with Crippen LogP contribution in [-0.4, -0.2) is 110 Å². The monoisotopic (exact) mass is 923 g/mol. The van der Waals surface area contributed by atoms with Crippen LogP contribution in [0.3, 0.4) is 0 Å². The third kappa shape index (κ3) is 11.7. The second kappa shape index (κ2) is 20.2. The van der Waals surface area contributed by atoms with E-state index in [1.54, 1.807) is 17.3 Å². The summed E-state index contributed by atoms with van der Waals surface area (Å²) in [6.07, 6.45) is 2.88. The number of ether oxygens (including phenoxy) is 2. The quantitative estimate of drug-likeness (QED) is 0.0517. The van der Waals surface area contributed by atoms with Gasteiger partial charge in [0.05, 0.1) is 6.04 Å². The van der Waals surface area contributed by atoms with Gasteiger partial charge < -0.3 is 30.1 Å². The van der Waals surface area contributed by atoms with Crippen molar-refractivity contribution in [2.45, 2.75) is 136 Å². The molecular formula is C42H62IN5O8S. The molecule has 2 fully saturated rings. The van der Waals surface area contributed by atoms with Gasteiger partial charge in [0.25, 0.3) is 5.91 Å². The summed E-state index contributed by atoms with van der Waals surface area (Å²) in [4.78, 5) is 74.5. The summed E-state index contributed by atoms with van der Waals surface area (Å²) in [6, 6.07) is 7.36. The van der Waals surface area contributed by atoms with Crippen LogP contribution in [0, 0.1) is 17.3 Å². The molecule has 13 nitrogen and oxygen atoms in total. The molecule has 0 saturated carbocycles. The second-order valence-corrected chi connectivity index (χ2v) is 18.1. The number of nitrogens with zero attached hydrogens (tertiary/aromatic N) is 3. The van der Waals surface area contributed by atoms with Gasteiger partial charge in [-0.1, -0.05) is 107 Å². The molecule has 1 aromatic heterocycles. The highest BCUT2D eigenvalue weighted by molar-refractivity contribution is 14.1. The number of aromatic nitrogens is 1. The number of hydrogen-bond donors (Lipinski definition) is 3. The lowest BCUT2D eigenvalue weighted by molar-refractivity contribution is -0.149. The number of amides is 3. The van der Waals surface area contributed by atoms with Crippen LogP contribution in [0.5, 0.6) is 0 Å². The van der Waals surface area contributed by atoms with Crippen molar-refractivity contribution in [3.63, 3.8) is 0 Å². The molecule has 57 heavy (non-hydrogen) atoms. The minimum absolute atomic E-state index is 0.0678. The Bertz CT molecular complexity index is 1710. The predicted octanol–water partition coefficient (Wildman–Crippen LogP) is 6.05. The SMILES string of the molecule is CCCC(CC)(CI)CN1C[C@@H]1C(=O)NC(C(=O)N(C)[C@H](C[C@@H](OC(C)=O)c1nc(C(=O)N[C@@H](Cc2ccccc2)C2OC2(C)C(=O)O)cs1)C(C)C)C(C)CC. The Morgan fingerprint density at radius 3 is 2.37 bits per heavy atom. The van der Waals surface area contributed by atoms with Gasteiger partial charge in [0, 0.05) is 49.3 Å². The molecule has 3 N–H and O–H groups in total. The molecule has 4 rings (SSSR count). The van der Waals surface area contributed by atoms with E-state index in [9.17, 15) is 29.1 Å². The number of carbonyl (C=O) groups excluding carboxylic acids is 4. The first kappa shape index (κ1) is 46.5. The molecule has 316 valence electrons. The average Bonchev–Trinajstić information content (AvgIpc) is 4.05. The van der Waals surface area contributed by atoms with Gasteiger partial charge in [0.1, 0.15) is 28.9 Å². The maximum absolute atomic E-state index is 14.3. The lowest BCUT2D eigenvalue weighted by atomic mass is 9.83. The van der Waals surface area contributed by atoms with E-state index in [0.717, 1.165) is 47.1 Å². The number of carboxylic acids is 1. The molecule has 2 aliphatic rings. The number of nitrogens with one attached hydrogen (secondary N) is 2. The van der Waals surface area contributed by atoms with Gasteiger partial charge in [-0.3, -0.25) is 24.1 Å². The Kier molecular flexibility index (Phi) is 16.5. The number of likely N-dealkylation sites (N-methyl/N-ethyl adjacent to an activating group) is 1. The van der Waals surface area contributed by atoms with Crippen molar-refractivity contribution in [2.24, 2.45) is 17.3 Å². The van der Waals surface area contributed by atoms with E-state index in [1.165, 1.54) is 13.8 Å². The molecule has 6 unspecified atom stereocenters. The lowest BCUT2D eigenvalue weighted by Crippen LogP contribution is -2.55. The number of carbonyl (C=O) groups is 5. The summed E-state index contributed by atoms with van der Waals surface area (Å²) in [7, 11) is 1.72. The van der Waals surface area contributed by atoms with Crippen LogP contribution in [0.1, 0.15) is 115 Å². The van der Waals surface area contributed by atoms with Gasteiger partial charge in [-0.25, -0.2) is 9.78 Å². The molecule has 1 aromatic carbocycles. The third-order valence-corrected chi connectivity index (χ3v) is 14.4. The minimum atomic E-state index is -1.42. The number of epoxide rings is 1. The van der Waals surface area contributed by atoms with Crippen molar-refractivity contribution in [3.05, 3.63) is 52.0 Å². The Hall–Kier alpha value is -3.15.